The molecule has 0 aliphatic rings. The van der Waals surface area contributed by atoms with Crippen LogP contribution in [0.15, 0.2) is 0 Å². The Hall–Kier alpha value is -0.900. The van der Waals surface area contributed by atoms with Crippen molar-refractivity contribution in [1.29, 1.82) is 0 Å². The van der Waals surface area contributed by atoms with E-state index in [4.69, 9.17) is 4.74 Å². The van der Waals surface area contributed by atoms with Gasteiger partial charge >= 0.3 is 5.97 Å². The molecule has 0 aliphatic heterocycles. The Morgan fingerprint density at radius 2 is 1.86 bits per heavy atom. The number of Topliss-reactive ketones (excluding diaryl/α,β-unsaturated/α-hetero) is 1. The lowest BCUT2D eigenvalue weighted by molar-refractivity contribution is -0.156. The summed E-state index contributed by atoms with van der Waals surface area (Å²) in [5.41, 5.74) is -0.895. The predicted octanol–water partition coefficient (Wildman–Crippen LogP) is 1.18. The molecule has 0 aliphatic carbocycles. The van der Waals surface area contributed by atoms with Gasteiger partial charge in [-0.1, -0.05) is 6.92 Å². The molecule has 0 spiro atoms. The first-order chi connectivity index (χ1) is 6.42. The van der Waals surface area contributed by atoms with E-state index < -0.39 is 17.5 Å². The van der Waals surface area contributed by atoms with Crippen molar-refractivity contribution in [3.05, 3.63) is 0 Å². The third-order valence-electron chi connectivity index (χ3n) is 2.59. The minimum Gasteiger partial charge on any atom is -0.468 e. The summed E-state index contributed by atoms with van der Waals surface area (Å²) in [6.45, 7) is 5.04. The van der Waals surface area contributed by atoms with Crippen molar-refractivity contribution in [2.75, 3.05) is 14.2 Å². The number of hydrogen-bond acceptors (Lipinski definition) is 4. The van der Waals surface area contributed by atoms with Gasteiger partial charge in [0.1, 0.15) is 11.5 Å². The summed E-state index contributed by atoms with van der Waals surface area (Å²) in [5, 5.41) is 0. The van der Waals surface area contributed by atoms with E-state index in [0.29, 0.717) is 6.42 Å². The first kappa shape index (κ1) is 13.1. The first-order valence-corrected chi connectivity index (χ1v) is 4.60. The SMILES string of the molecule is CCC(C)(OC)C(=O)C(C)C(=O)OC. The number of rotatable bonds is 5. The number of ketones is 1. The van der Waals surface area contributed by atoms with Gasteiger partial charge in [0.25, 0.3) is 0 Å². The van der Waals surface area contributed by atoms with Crippen LogP contribution in [0.3, 0.4) is 0 Å². The molecule has 0 rings (SSSR count). The van der Waals surface area contributed by atoms with Crippen LogP contribution in [0, 0.1) is 5.92 Å². The molecule has 0 aromatic heterocycles. The van der Waals surface area contributed by atoms with E-state index in [2.05, 4.69) is 4.74 Å². The number of methoxy groups -OCH3 is 2. The molecular formula is C10H18O4. The summed E-state index contributed by atoms with van der Waals surface area (Å²) in [4.78, 5) is 22.9. The fourth-order valence-electron chi connectivity index (χ4n) is 1.16. The Labute approximate surface area is 84.6 Å². The fraction of sp³-hybridized carbons (Fsp3) is 0.800. The molecule has 2 atom stereocenters. The highest BCUT2D eigenvalue weighted by molar-refractivity contribution is 6.02. The summed E-state index contributed by atoms with van der Waals surface area (Å²) < 4.78 is 9.61. The monoisotopic (exact) mass is 202 g/mol. The number of ether oxygens (including phenoxy) is 2. The molecule has 0 saturated heterocycles. The Bertz CT molecular complexity index is 218. The minimum absolute atomic E-state index is 0.241. The molecule has 0 aromatic rings. The molecule has 0 bridgehead atoms. The molecule has 0 fully saturated rings. The summed E-state index contributed by atoms with van der Waals surface area (Å²) in [5.74, 6) is -1.54. The number of hydrogen-bond donors (Lipinski definition) is 0. The summed E-state index contributed by atoms with van der Waals surface area (Å²) >= 11 is 0. The van der Waals surface area contributed by atoms with Crippen LogP contribution in [-0.4, -0.2) is 31.6 Å². The van der Waals surface area contributed by atoms with Gasteiger partial charge in [0, 0.05) is 7.11 Å². The maximum Gasteiger partial charge on any atom is 0.316 e. The standard InChI is InChI=1S/C10H18O4/c1-6-10(3,14-5)8(11)7(2)9(12)13-4/h7H,6H2,1-5H3. The third kappa shape index (κ3) is 2.54. The van der Waals surface area contributed by atoms with Crippen LogP contribution in [0.5, 0.6) is 0 Å². The van der Waals surface area contributed by atoms with Gasteiger partial charge in [-0.25, -0.2) is 0 Å². The van der Waals surface area contributed by atoms with Crippen LogP contribution >= 0.6 is 0 Å². The average Bonchev–Trinajstić information content (AvgIpc) is 2.24. The van der Waals surface area contributed by atoms with Gasteiger partial charge in [0.05, 0.1) is 7.11 Å². The highest BCUT2D eigenvalue weighted by Crippen LogP contribution is 2.20. The van der Waals surface area contributed by atoms with Gasteiger partial charge in [-0.05, 0) is 20.3 Å². The highest BCUT2D eigenvalue weighted by Gasteiger charge is 2.37. The second-order valence-electron chi connectivity index (χ2n) is 3.40. The van der Waals surface area contributed by atoms with E-state index in [0.717, 1.165) is 0 Å². The normalized spacial score (nSPS) is 16.9. The van der Waals surface area contributed by atoms with E-state index in [1.165, 1.54) is 21.1 Å². The molecule has 0 saturated carbocycles. The molecule has 0 aromatic carbocycles. The maximum absolute atomic E-state index is 11.8. The van der Waals surface area contributed by atoms with E-state index in [1.807, 2.05) is 6.92 Å². The molecule has 0 heterocycles. The molecule has 82 valence electrons. The molecule has 0 radical (unpaired) electrons. The summed E-state index contributed by atoms with van der Waals surface area (Å²) in [7, 11) is 2.73. The van der Waals surface area contributed by atoms with Crippen molar-refractivity contribution in [2.24, 2.45) is 5.92 Å². The van der Waals surface area contributed by atoms with E-state index in [9.17, 15) is 9.59 Å². The largest absolute Gasteiger partial charge is 0.468 e. The zero-order valence-electron chi connectivity index (χ0n) is 9.42. The number of esters is 1. The van der Waals surface area contributed by atoms with Gasteiger partial charge in [-0.2, -0.15) is 0 Å². The quantitative estimate of drug-likeness (QED) is 0.496. The Balaban J connectivity index is 4.67. The molecule has 14 heavy (non-hydrogen) atoms. The van der Waals surface area contributed by atoms with Crippen LogP contribution in [0.4, 0.5) is 0 Å². The van der Waals surface area contributed by atoms with Crippen molar-refractivity contribution in [3.63, 3.8) is 0 Å². The van der Waals surface area contributed by atoms with Gasteiger partial charge in [-0.15, -0.1) is 0 Å². The lowest BCUT2D eigenvalue weighted by Gasteiger charge is -2.27. The Kier molecular flexibility index (Phi) is 4.77. The second kappa shape index (κ2) is 5.10. The van der Waals surface area contributed by atoms with E-state index in [1.54, 1.807) is 6.92 Å². The van der Waals surface area contributed by atoms with Gasteiger partial charge in [-0.3, -0.25) is 9.59 Å². The third-order valence-corrected chi connectivity index (χ3v) is 2.59. The Morgan fingerprint density at radius 1 is 1.36 bits per heavy atom. The topological polar surface area (TPSA) is 52.6 Å². The molecule has 0 amide bonds. The summed E-state index contributed by atoms with van der Waals surface area (Å²) in [6, 6.07) is 0. The van der Waals surface area contributed by atoms with Crippen molar-refractivity contribution >= 4 is 11.8 Å². The molecular weight excluding hydrogens is 184 g/mol. The van der Waals surface area contributed by atoms with E-state index in [-0.39, 0.29) is 5.78 Å². The minimum atomic E-state index is -0.895. The zero-order chi connectivity index (χ0) is 11.4. The van der Waals surface area contributed by atoms with Crippen molar-refractivity contribution < 1.29 is 19.1 Å². The van der Waals surface area contributed by atoms with Crippen molar-refractivity contribution in [2.45, 2.75) is 32.8 Å². The molecule has 4 heteroatoms. The molecule has 4 nitrogen and oxygen atoms in total. The maximum atomic E-state index is 11.8. The lowest BCUT2D eigenvalue weighted by atomic mass is 9.89. The Morgan fingerprint density at radius 3 is 2.14 bits per heavy atom. The smallest absolute Gasteiger partial charge is 0.316 e. The van der Waals surface area contributed by atoms with Crippen LogP contribution in [0.1, 0.15) is 27.2 Å². The summed E-state index contributed by atoms with van der Waals surface area (Å²) in [6.07, 6.45) is 0.531. The van der Waals surface area contributed by atoms with Gasteiger partial charge in [0.2, 0.25) is 0 Å². The van der Waals surface area contributed by atoms with Crippen LogP contribution in [0.25, 0.3) is 0 Å². The molecule has 2 unspecified atom stereocenters. The van der Waals surface area contributed by atoms with Gasteiger partial charge < -0.3 is 9.47 Å². The van der Waals surface area contributed by atoms with Crippen molar-refractivity contribution in [3.8, 4) is 0 Å². The van der Waals surface area contributed by atoms with E-state index >= 15 is 0 Å². The second-order valence-corrected chi connectivity index (χ2v) is 3.40. The van der Waals surface area contributed by atoms with Crippen molar-refractivity contribution in [1.82, 2.24) is 0 Å². The van der Waals surface area contributed by atoms with Crippen LogP contribution in [0.2, 0.25) is 0 Å². The fourth-order valence-corrected chi connectivity index (χ4v) is 1.16. The first-order valence-electron chi connectivity index (χ1n) is 4.60. The molecule has 0 N–H and O–H groups in total. The van der Waals surface area contributed by atoms with Crippen LogP contribution < -0.4 is 0 Å². The number of carbonyl (C=O) groups is 2. The average molecular weight is 202 g/mol. The van der Waals surface area contributed by atoms with Crippen LogP contribution in [-0.2, 0) is 19.1 Å². The van der Waals surface area contributed by atoms with Gasteiger partial charge in [0.15, 0.2) is 5.78 Å². The lowest BCUT2D eigenvalue weighted by Crippen LogP contribution is -2.43. The zero-order valence-corrected chi connectivity index (χ0v) is 9.42. The number of carbonyl (C=O) groups excluding carboxylic acids is 2. The highest BCUT2D eigenvalue weighted by atomic mass is 16.5. The predicted molar refractivity (Wildman–Crippen MR) is 51.9 cm³/mol.